The van der Waals surface area contributed by atoms with Crippen LogP contribution in [0, 0.1) is 6.92 Å². The third kappa shape index (κ3) is 5.54. The maximum absolute atomic E-state index is 12.4. The normalized spacial score (nSPS) is 10.7. The van der Waals surface area contributed by atoms with Gasteiger partial charge in [0, 0.05) is 7.05 Å². The summed E-state index contributed by atoms with van der Waals surface area (Å²) in [6.07, 6.45) is 0.994. The van der Waals surface area contributed by atoms with Crippen molar-refractivity contribution in [3.05, 3.63) is 59.4 Å². The van der Waals surface area contributed by atoms with Gasteiger partial charge in [0.25, 0.3) is 0 Å². The summed E-state index contributed by atoms with van der Waals surface area (Å²) in [5.41, 5.74) is 2.96. The topological polar surface area (TPSA) is 78.3 Å². The lowest BCUT2D eigenvalue weighted by atomic mass is 10.2. The molecule has 0 spiro atoms. The van der Waals surface area contributed by atoms with Crippen LogP contribution in [0.15, 0.2) is 47.6 Å². The van der Waals surface area contributed by atoms with Gasteiger partial charge in [0.15, 0.2) is 11.0 Å². The first kappa shape index (κ1) is 21.7. The van der Waals surface area contributed by atoms with Gasteiger partial charge in [-0.15, -0.1) is 10.2 Å². The summed E-state index contributed by atoms with van der Waals surface area (Å²) < 4.78 is 12.9. The van der Waals surface area contributed by atoms with Crippen molar-refractivity contribution in [2.75, 3.05) is 18.2 Å². The molecule has 0 unspecified atom stereocenters. The van der Waals surface area contributed by atoms with Crippen LogP contribution in [0.2, 0.25) is 0 Å². The van der Waals surface area contributed by atoms with Crippen LogP contribution in [0.5, 0.6) is 11.5 Å². The summed E-state index contributed by atoms with van der Waals surface area (Å²) in [5, 5.41) is 11.9. The molecule has 7 nitrogen and oxygen atoms in total. The molecule has 1 heterocycles. The highest BCUT2D eigenvalue weighted by molar-refractivity contribution is 7.99. The van der Waals surface area contributed by atoms with Crippen LogP contribution >= 0.6 is 11.8 Å². The molecule has 0 aliphatic rings. The summed E-state index contributed by atoms with van der Waals surface area (Å²) in [4.78, 5) is 12.4. The number of ether oxygens (including phenoxy) is 2. The number of methoxy groups -OCH3 is 1. The molecule has 0 aliphatic heterocycles. The monoisotopic (exact) mass is 426 g/mol. The van der Waals surface area contributed by atoms with Gasteiger partial charge in [0.2, 0.25) is 5.91 Å². The van der Waals surface area contributed by atoms with E-state index in [9.17, 15) is 4.79 Å². The van der Waals surface area contributed by atoms with Gasteiger partial charge in [0.1, 0.15) is 18.1 Å². The van der Waals surface area contributed by atoms with Crippen LogP contribution in [0.1, 0.15) is 23.9 Å². The molecule has 158 valence electrons. The molecule has 1 N–H and O–H groups in total. The molecule has 30 heavy (non-hydrogen) atoms. The average Bonchev–Trinajstić information content (AvgIpc) is 3.10. The smallest absolute Gasteiger partial charge is 0.234 e. The molecule has 2 aromatic carbocycles. The van der Waals surface area contributed by atoms with E-state index in [-0.39, 0.29) is 11.7 Å². The Balaban J connectivity index is 1.54. The Morgan fingerprint density at radius 2 is 1.93 bits per heavy atom. The van der Waals surface area contributed by atoms with E-state index in [2.05, 4.69) is 34.6 Å². The number of aryl methyl sites for hydroxylation is 2. The minimum atomic E-state index is -0.138. The first-order valence-corrected chi connectivity index (χ1v) is 10.7. The zero-order valence-corrected chi connectivity index (χ0v) is 18.5. The van der Waals surface area contributed by atoms with Crippen LogP contribution in [-0.4, -0.2) is 33.5 Å². The fourth-order valence-corrected chi connectivity index (χ4v) is 3.53. The predicted molar refractivity (Wildman–Crippen MR) is 118 cm³/mol. The largest absolute Gasteiger partial charge is 0.495 e. The van der Waals surface area contributed by atoms with Crippen LogP contribution in [-0.2, 0) is 24.9 Å². The molecule has 0 radical (unpaired) electrons. The Morgan fingerprint density at radius 3 is 2.63 bits per heavy atom. The third-order valence-corrected chi connectivity index (χ3v) is 5.61. The molecule has 0 saturated carbocycles. The molecule has 0 aliphatic carbocycles. The lowest BCUT2D eigenvalue weighted by molar-refractivity contribution is -0.113. The minimum Gasteiger partial charge on any atom is -0.495 e. The van der Waals surface area contributed by atoms with Gasteiger partial charge in [0.05, 0.1) is 18.6 Å². The van der Waals surface area contributed by atoms with E-state index in [1.807, 2.05) is 48.9 Å². The van der Waals surface area contributed by atoms with Crippen molar-refractivity contribution in [1.29, 1.82) is 0 Å². The highest BCUT2D eigenvalue weighted by Crippen LogP contribution is 2.26. The van der Waals surface area contributed by atoms with Gasteiger partial charge in [-0.25, -0.2) is 0 Å². The fourth-order valence-electron chi connectivity index (χ4n) is 2.80. The second-order valence-electron chi connectivity index (χ2n) is 6.78. The van der Waals surface area contributed by atoms with E-state index in [0.717, 1.165) is 17.7 Å². The average molecular weight is 427 g/mol. The van der Waals surface area contributed by atoms with Gasteiger partial charge in [-0.1, -0.05) is 36.9 Å². The molecule has 0 fully saturated rings. The SMILES string of the molecule is CCc1ccc(OCc2nnc(SCC(=O)Nc3cc(C)ccc3OC)n2C)cc1. The number of carbonyl (C=O) groups is 1. The van der Waals surface area contributed by atoms with Gasteiger partial charge in [-0.2, -0.15) is 0 Å². The molecule has 1 amide bonds. The van der Waals surface area contributed by atoms with Crippen LogP contribution in [0.25, 0.3) is 0 Å². The Labute approximate surface area is 180 Å². The number of thioether (sulfide) groups is 1. The number of hydrogen-bond donors (Lipinski definition) is 1. The number of aromatic nitrogens is 3. The second kappa shape index (κ2) is 10.2. The van der Waals surface area contributed by atoms with E-state index >= 15 is 0 Å². The highest BCUT2D eigenvalue weighted by Gasteiger charge is 2.13. The van der Waals surface area contributed by atoms with Crippen molar-refractivity contribution in [1.82, 2.24) is 14.8 Å². The predicted octanol–water partition coefficient (Wildman–Crippen LogP) is 4.00. The molecule has 0 bridgehead atoms. The van der Waals surface area contributed by atoms with E-state index in [1.54, 1.807) is 7.11 Å². The zero-order chi connectivity index (χ0) is 21.5. The number of nitrogens with one attached hydrogen (secondary N) is 1. The van der Waals surface area contributed by atoms with Gasteiger partial charge in [-0.05, 0) is 48.7 Å². The van der Waals surface area contributed by atoms with Crippen molar-refractivity contribution < 1.29 is 14.3 Å². The molecular weight excluding hydrogens is 400 g/mol. The quantitative estimate of drug-likeness (QED) is 0.521. The van der Waals surface area contributed by atoms with Crippen LogP contribution in [0.4, 0.5) is 5.69 Å². The fraction of sp³-hybridized carbons (Fsp3) is 0.318. The van der Waals surface area contributed by atoms with E-state index in [4.69, 9.17) is 9.47 Å². The molecule has 0 saturated heterocycles. The van der Waals surface area contributed by atoms with E-state index in [0.29, 0.717) is 29.0 Å². The minimum absolute atomic E-state index is 0.138. The summed E-state index contributed by atoms with van der Waals surface area (Å²) in [7, 11) is 3.44. The number of rotatable bonds is 9. The lowest BCUT2D eigenvalue weighted by Crippen LogP contribution is -2.15. The highest BCUT2D eigenvalue weighted by atomic mass is 32.2. The van der Waals surface area contributed by atoms with Crippen LogP contribution in [0.3, 0.4) is 0 Å². The standard InChI is InChI=1S/C22H26N4O3S/c1-5-16-7-9-17(10-8-16)29-13-20-24-25-22(26(20)3)30-14-21(27)23-18-12-15(2)6-11-19(18)28-4/h6-12H,5,13-14H2,1-4H3,(H,23,27). The number of anilines is 1. The Kier molecular flexibility index (Phi) is 7.35. The maximum Gasteiger partial charge on any atom is 0.234 e. The second-order valence-corrected chi connectivity index (χ2v) is 7.73. The molecule has 1 aromatic heterocycles. The number of amides is 1. The van der Waals surface area contributed by atoms with Gasteiger partial charge < -0.3 is 19.4 Å². The number of nitrogens with zero attached hydrogens (tertiary/aromatic N) is 3. The van der Waals surface area contributed by atoms with Crippen molar-refractivity contribution in [2.24, 2.45) is 7.05 Å². The van der Waals surface area contributed by atoms with E-state index in [1.165, 1.54) is 17.3 Å². The molecular formula is C22H26N4O3S. The molecule has 3 aromatic rings. The summed E-state index contributed by atoms with van der Waals surface area (Å²) in [5.74, 6) is 2.18. The van der Waals surface area contributed by atoms with Crippen LogP contribution < -0.4 is 14.8 Å². The van der Waals surface area contributed by atoms with Gasteiger partial charge >= 0.3 is 0 Å². The van der Waals surface area contributed by atoms with Crippen molar-refractivity contribution in [3.63, 3.8) is 0 Å². The number of hydrogen-bond acceptors (Lipinski definition) is 6. The summed E-state index contributed by atoms with van der Waals surface area (Å²) in [6, 6.07) is 13.7. The Bertz CT molecular complexity index is 1000. The zero-order valence-electron chi connectivity index (χ0n) is 17.6. The first-order valence-electron chi connectivity index (χ1n) is 9.67. The first-order chi connectivity index (χ1) is 14.5. The Morgan fingerprint density at radius 1 is 1.17 bits per heavy atom. The molecule has 3 rings (SSSR count). The maximum atomic E-state index is 12.4. The molecule has 0 atom stereocenters. The third-order valence-electron chi connectivity index (χ3n) is 4.59. The summed E-state index contributed by atoms with van der Waals surface area (Å²) in [6.45, 7) is 4.39. The van der Waals surface area contributed by atoms with Crippen molar-refractivity contribution in [2.45, 2.75) is 32.0 Å². The van der Waals surface area contributed by atoms with Gasteiger partial charge in [-0.3, -0.25) is 4.79 Å². The van der Waals surface area contributed by atoms with E-state index < -0.39 is 0 Å². The lowest BCUT2D eigenvalue weighted by Gasteiger charge is -2.11. The summed E-state index contributed by atoms with van der Waals surface area (Å²) >= 11 is 1.32. The van der Waals surface area contributed by atoms with Crippen molar-refractivity contribution in [3.8, 4) is 11.5 Å². The Hall–Kier alpha value is -3.00. The number of benzene rings is 2. The molecule has 8 heteroatoms. The van der Waals surface area contributed by atoms with Crippen molar-refractivity contribution >= 4 is 23.4 Å². The number of carbonyl (C=O) groups excluding carboxylic acids is 1.